The summed E-state index contributed by atoms with van der Waals surface area (Å²) in [5.41, 5.74) is 2.13. The summed E-state index contributed by atoms with van der Waals surface area (Å²) in [5.74, 6) is 1.43. The van der Waals surface area contributed by atoms with Gasteiger partial charge in [0.15, 0.2) is 5.11 Å². The van der Waals surface area contributed by atoms with E-state index in [9.17, 15) is 0 Å². The summed E-state index contributed by atoms with van der Waals surface area (Å²) in [4.78, 5) is 6.35. The Bertz CT molecular complexity index is 676. The first-order valence-corrected chi connectivity index (χ1v) is 9.03. The van der Waals surface area contributed by atoms with Crippen molar-refractivity contribution in [3.05, 3.63) is 54.4 Å². The number of benzene rings is 1. The molecule has 1 aromatic heterocycles. The Hall–Kier alpha value is -2.14. The maximum atomic E-state index is 5.72. The predicted molar refractivity (Wildman–Crippen MR) is 108 cm³/mol. The molecule has 1 atom stereocenters. The molecule has 4 nitrogen and oxygen atoms in total. The van der Waals surface area contributed by atoms with E-state index in [0.29, 0.717) is 5.92 Å². The van der Waals surface area contributed by atoms with Crippen molar-refractivity contribution >= 4 is 23.0 Å². The summed E-state index contributed by atoms with van der Waals surface area (Å²) in [6, 6.07) is 12.1. The molecule has 0 radical (unpaired) electrons. The zero-order chi connectivity index (χ0) is 18.2. The van der Waals surface area contributed by atoms with Gasteiger partial charge in [0.2, 0.25) is 0 Å². The van der Waals surface area contributed by atoms with Crippen molar-refractivity contribution in [2.45, 2.75) is 33.2 Å². The maximum absolute atomic E-state index is 5.72. The number of rotatable bonds is 7. The number of methoxy groups -OCH3 is 1. The second-order valence-corrected chi connectivity index (χ2v) is 6.88. The molecule has 1 aromatic carbocycles. The van der Waals surface area contributed by atoms with Crippen molar-refractivity contribution < 1.29 is 4.74 Å². The lowest BCUT2D eigenvalue weighted by molar-refractivity contribution is 0.318. The number of pyridine rings is 1. The van der Waals surface area contributed by atoms with E-state index in [4.69, 9.17) is 17.0 Å². The van der Waals surface area contributed by atoms with E-state index in [1.807, 2.05) is 48.8 Å². The molecule has 0 amide bonds. The van der Waals surface area contributed by atoms with Crippen molar-refractivity contribution in [1.29, 1.82) is 0 Å². The minimum atomic E-state index is 0.173. The lowest BCUT2D eigenvalue weighted by Crippen LogP contribution is -2.38. The van der Waals surface area contributed by atoms with Crippen LogP contribution in [0.2, 0.25) is 0 Å². The molecule has 0 fully saturated rings. The van der Waals surface area contributed by atoms with Gasteiger partial charge in [0, 0.05) is 30.7 Å². The molecule has 25 heavy (non-hydrogen) atoms. The maximum Gasteiger partial charge on any atom is 0.173 e. The SMILES string of the molecule is COc1cccc(NC(=S)N(CCC(C)C)[C@@H](C)c2ccncc2)c1. The molecule has 134 valence electrons. The van der Waals surface area contributed by atoms with Gasteiger partial charge in [-0.1, -0.05) is 19.9 Å². The lowest BCUT2D eigenvalue weighted by atomic mass is 10.1. The molecular formula is C20H27N3OS. The van der Waals surface area contributed by atoms with Crippen molar-refractivity contribution in [3.8, 4) is 5.75 Å². The first-order valence-electron chi connectivity index (χ1n) is 8.63. The van der Waals surface area contributed by atoms with Crippen LogP contribution >= 0.6 is 12.2 Å². The molecule has 0 spiro atoms. The number of nitrogens with zero attached hydrogens (tertiary/aromatic N) is 2. The van der Waals surface area contributed by atoms with E-state index in [0.717, 1.165) is 29.5 Å². The van der Waals surface area contributed by atoms with Gasteiger partial charge >= 0.3 is 0 Å². The zero-order valence-corrected chi connectivity index (χ0v) is 16.2. The number of aromatic nitrogens is 1. The lowest BCUT2D eigenvalue weighted by Gasteiger charge is -2.32. The van der Waals surface area contributed by atoms with Crippen LogP contribution in [0, 0.1) is 5.92 Å². The average molecular weight is 358 g/mol. The first-order chi connectivity index (χ1) is 12.0. The molecule has 0 aliphatic carbocycles. The van der Waals surface area contributed by atoms with Crippen LogP contribution < -0.4 is 10.1 Å². The van der Waals surface area contributed by atoms with Gasteiger partial charge in [0.05, 0.1) is 13.2 Å². The Morgan fingerprint density at radius 2 is 1.92 bits per heavy atom. The average Bonchev–Trinajstić information content (AvgIpc) is 2.62. The Morgan fingerprint density at radius 1 is 1.20 bits per heavy atom. The fourth-order valence-electron chi connectivity index (χ4n) is 2.59. The Kier molecular flexibility index (Phi) is 7.19. The second-order valence-electron chi connectivity index (χ2n) is 6.49. The highest BCUT2D eigenvalue weighted by atomic mass is 32.1. The molecule has 2 aromatic rings. The van der Waals surface area contributed by atoms with E-state index in [-0.39, 0.29) is 6.04 Å². The summed E-state index contributed by atoms with van der Waals surface area (Å²) >= 11 is 5.72. The molecule has 0 bridgehead atoms. The molecule has 1 N–H and O–H groups in total. The van der Waals surface area contributed by atoms with Crippen LogP contribution in [-0.2, 0) is 0 Å². The molecule has 2 rings (SSSR count). The third kappa shape index (κ3) is 5.71. The van der Waals surface area contributed by atoms with Crippen LogP contribution in [0.3, 0.4) is 0 Å². The number of hydrogen-bond donors (Lipinski definition) is 1. The molecule has 1 heterocycles. The van der Waals surface area contributed by atoms with Gasteiger partial charge in [-0.3, -0.25) is 4.98 Å². The van der Waals surface area contributed by atoms with Gasteiger partial charge in [-0.05, 0) is 61.3 Å². The minimum Gasteiger partial charge on any atom is -0.497 e. The van der Waals surface area contributed by atoms with Crippen LogP contribution in [0.5, 0.6) is 5.75 Å². The smallest absolute Gasteiger partial charge is 0.173 e. The minimum absolute atomic E-state index is 0.173. The molecule has 0 saturated heterocycles. The standard InChI is InChI=1S/C20H27N3OS/c1-15(2)10-13-23(16(3)17-8-11-21-12-9-17)20(25)22-18-6-5-7-19(14-18)24-4/h5-9,11-12,14-16H,10,13H2,1-4H3,(H,22,25)/t16-/m0/s1. The monoisotopic (exact) mass is 357 g/mol. The molecular weight excluding hydrogens is 330 g/mol. The van der Waals surface area contributed by atoms with Crippen LogP contribution in [0.4, 0.5) is 5.69 Å². The quantitative estimate of drug-likeness (QED) is 0.714. The molecule has 0 saturated carbocycles. The zero-order valence-electron chi connectivity index (χ0n) is 15.4. The second kappa shape index (κ2) is 9.37. The van der Waals surface area contributed by atoms with E-state index < -0.39 is 0 Å². The fourth-order valence-corrected chi connectivity index (χ4v) is 2.95. The van der Waals surface area contributed by atoms with Crippen LogP contribution in [0.25, 0.3) is 0 Å². The highest BCUT2D eigenvalue weighted by Gasteiger charge is 2.19. The van der Waals surface area contributed by atoms with Crippen molar-refractivity contribution in [1.82, 2.24) is 9.88 Å². The van der Waals surface area contributed by atoms with Crippen molar-refractivity contribution in [2.24, 2.45) is 5.92 Å². The fraction of sp³-hybridized carbons (Fsp3) is 0.400. The Labute approximate surface area is 156 Å². The van der Waals surface area contributed by atoms with E-state index >= 15 is 0 Å². The summed E-state index contributed by atoms with van der Waals surface area (Å²) in [5, 5.41) is 4.07. The number of nitrogens with one attached hydrogen (secondary N) is 1. The molecule has 0 unspecified atom stereocenters. The summed E-state index contributed by atoms with van der Waals surface area (Å²) in [6.07, 6.45) is 4.73. The van der Waals surface area contributed by atoms with Crippen LogP contribution in [0.1, 0.15) is 38.8 Å². The van der Waals surface area contributed by atoms with Gasteiger partial charge in [0.25, 0.3) is 0 Å². The number of ether oxygens (including phenoxy) is 1. The first kappa shape index (κ1) is 19.2. The molecule has 5 heteroatoms. The summed E-state index contributed by atoms with van der Waals surface area (Å²) in [7, 11) is 1.66. The highest BCUT2D eigenvalue weighted by Crippen LogP contribution is 2.23. The van der Waals surface area contributed by atoms with E-state index in [1.165, 1.54) is 5.56 Å². The summed E-state index contributed by atoms with van der Waals surface area (Å²) < 4.78 is 5.29. The van der Waals surface area contributed by atoms with Gasteiger partial charge in [-0.25, -0.2) is 0 Å². The number of anilines is 1. The third-order valence-electron chi connectivity index (χ3n) is 4.19. The normalized spacial score (nSPS) is 11.9. The van der Waals surface area contributed by atoms with Crippen molar-refractivity contribution in [3.63, 3.8) is 0 Å². The summed E-state index contributed by atoms with van der Waals surface area (Å²) in [6.45, 7) is 7.54. The number of hydrogen-bond acceptors (Lipinski definition) is 3. The van der Waals surface area contributed by atoms with Crippen LogP contribution in [0.15, 0.2) is 48.8 Å². The topological polar surface area (TPSA) is 37.4 Å². The van der Waals surface area contributed by atoms with Gasteiger partial charge in [-0.2, -0.15) is 0 Å². The highest BCUT2D eigenvalue weighted by molar-refractivity contribution is 7.80. The predicted octanol–water partition coefficient (Wildman–Crippen LogP) is 4.90. The van der Waals surface area contributed by atoms with Crippen LogP contribution in [-0.4, -0.2) is 28.7 Å². The Balaban J connectivity index is 2.17. The van der Waals surface area contributed by atoms with Gasteiger partial charge in [0.1, 0.15) is 5.75 Å². The van der Waals surface area contributed by atoms with E-state index in [1.54, 1.807) is 7.11 Å². The van der Waals surface area contributed by atoms with Gasteiger partial charge < -0.3 is 15.0 Å². The van der Waals surface area contributed by atoms with Gasteiger partial charge in [-0.15, -0.1) is 0 Å². The van der Waals surface area contributed by atoms with E-state index in [2.05, 4.69) is 36.0 Å². The third-order valence-corrected chi connectivity index (χ3v) is 4.52. The Morgan fingerprint density at radius 3 is 2.56 bits per heavy atom. The molecule has 0 aliphatic rings. The number of thiocarbonyl (C=S) groups is 1. The largest absolute Gasteiger partial charge is 0.497 e. The molecule has 0 aliphatic heterocycles. The van der Waals surface area contributed by atoms with Crippen molar-refractivity contribution in [2.75, 3.05) is 19.0 Å².